The summed E-state index contributed by atoms with van der Waals surface area (Å²) in [5, 5.41) is 2.81. The molecule has 0 bridgehead atoms. The van der Waals surface area contributed by atoms with E-state index < -0.39 is 6.04 Å². The third-order valence-electron chi connectivity index (χ3n) is 3.66. The molecular formula is C12H21N3O3. The molecule has 18 heavy (non-hydrogen) atoms. The number of likely N-dealkylation sites (tertiary alicyclic amines) is 1. The van der Waals surface area contributed by atoms with E-state index >= 15 is 0 Å². The maximum absolute atomic E-state index is 11.8. The van der Waals surface area contributed by atoms with Crippen molar-refractivity contribution in [2.24, 2.45) is 11.7 Å². The van der Waals surface area contributed by atoms with Gasteiger partial charge in [0.25, 0.3) is 0 Å². The van der Waals surface area contributed by atoms with Gasteiger partial charge in [-0.3, -0.25) is 9.59 Å². The normalized spacial score (nSPS) is 32.5. The zero-order chi connectivity index (χ0) is 13.3. The molecule has 2 amide bonds. The summed E-state index contributed by atoms with van der Waals surface area (Å²) >= 11 is 0. The summed E-state index contributed by atoms with van der Waals surface area (Å²) in [5.41, 5.74) is 5.63. The topological polar surface area (TPSA) is 84.7 Å². The van der Waals surface area contributed by atoms with Gasteiger partial charge in [0, 0.05) is 26.1 Å². The third-order valence-corrected chi connectivity index (χ3v) is 3.66. The van der Waals surface area contributed by atoms with Gasteiger partial charge in [0.15, 0.2) is 0 Å². The van der Waals surface area contributed by atoms with Crippen molar-refractivity contribution in [3.05, 3.63) is 0 Å². The van der Waals surface area contributed by atoms with Crippen molar-refractivity contribution in [2.75, 3.05) is 20.3 Å². The highest BCUT2D eigenvalue weighted by Gasteiger charge is 2.44. The summed E-state index contributed by atoms with van der Waals surface area (Å²) < 4.78 is 4.83. The molecule has 1 aliphatic heterocycles. The molecule has 4 atom stereocenters. The molecule has 0 aromatic heterocycles. The maximum Gasteiger partial charge on any atom is 0.239 e. The average molecular weight is 255 g/mol. The van der Waals surface area contributed by atoms with Crippen LogP contribution in [0.15, 0.2) is 0 Å². The summed E-state index contributed by atoms with van der Waals surface area (Å²) in [6.07, 6.45) is 1.46. The highest BCUT2D eigenvalue weighted by atomic mass is 16.5. The second-order valence-electron chi connectivity index (χ2n) is 5.30. The number of methoxy groups -OCH3 is 1. The van der Waals surface area contributed by atoms with Crippen LogP contribution in [0, 0.1) is 5.92 Å². The molecule has 1 saturated heterocycles. The van der Waals surface area contributed by atoms with Gasteiger partial charge in [-0.2, -0.15) is 0 Å². The minimum atomic E-state index is -0.668. The van der Waals surface area contributed by atoms with Crippen molar-refractivity contribution in [3.63, 3.8) is 0 Å². The lowest BCUT2D eigenvalue weighted by molar-refractivity contribution is -0.128. The van der Waals surface area contributed by atoms with E-state index in [9.17, 15) is 9.59 Å². The highest BCUT2D eigenvalue weighted by molar-refractivity contribution is 5.85. The van der Waals surface area contributed by atoms with Crippen molar-refractivity contribution < 1.29 is 14.3 Å². The Morgan fingerprint density at radius 1 is 1.67 bits per heavy atom. The van der Waals surface area contributed by atoms with Crippen molar-refractivity contribution in [2.45, 2.75) is 37.9 Å². The lowest BCUT2D eigenvalue weighted by atomic mass is 10.2. The second kappa shape index (κ2) is 5.24. The SMILES string of the molecule is COCC(N)C(=O)NC1CC(=O)N(C2CC2C)C1. The van der Waals surface area contributed by atoms with Crippen LogP contribution in [0.2, 0.25) is 0 Å². The molecule has 2 aliphatic rings. The van der Waals surface area contributed by atoms with Gasteiger partial charge in [-0.25, -0.2) is 0 Å². The van der Waals surface area contributed by atoms with Crippen molar-refractivity contribution in [3.8, 4) is 0 Å². The van der Waals surface area contributed by atoms with E-state index in [1.165, 1.54) is 7.11 Å². The Morgan fingerprint density at radius 2 is 2.33 bits per heavy atom. The molecule has 0 spiro atoms. The fraction of sp³-hybridized carbons (Fsp3) is 0.833. The van der Waals surface area contributed by atoms with Gasteiger partial charge in [-0.05, 0) is 12.3 Å². The van der Waals surface area contributed by atoms with E-state index in [0.29, 0.717) is 24.9 Å². The van der Waals surface area contributed by atoms with Crippen molar-refractivity contribution in [1.82, 2.24) is 10.2 Å². The van der Waals surface area contributed by atoms with Crippen LogP contribution in [-0.4, -0.2) is 55.1 Å². The minimum Gasteiger partial charge on any atom is -0.383 e. The van der Waals surface area contributed by atoms with Crippen LogP contribution in [-0.2, 0) is 14.3 Å². The first-order valence-electron chi connectivity index (χ1n) is 6.37. The molecule has 0 aromatic carbocycles. The number of nitrogens with zero attached hydrogens (tertiary/aromatic N) is 1. The Hall–Kier alpha value is -1.14. The van der Waals surface area contributed by atoms with Gasteiger partial charge >= 0.3 is 0 Å². The van der Waals surface area contributed by atoms with Gasteiger partial charge in [-0.15, -0.1) is 0 Å². The zero-order valence-electron chi connectivity index (χ0n) is 10.9. The largest absolute Gasteiger partial charge is 0.383 e. The Kier molecular flexibility index (Phi) is 3.87. The Morgan fingerprint density at radius 3 is 2.89 bits per heavy atom. The predicted octanol–water partition coefficient (Wildman–Crippen LogP) is -0.914. The summed E-state index contributed by atoms with van der Waals surface area (Å²) in [6, 6.07) is -0.397. The number of amides is 2. The van der Waals surface area contributed by atoms with Crippen LogP contribution in [0.5, 0.6) is 0 Å². The number of carbonyl (C=O) groups is 2. The molecular weight excluding hydrogens is 234 g/mol. The lowest BCUT2D eigenvalue weighted by Gasteiger charge is -2.18. The molecule has 3 N–H and O–H groups in total. The van der Waals surface area contributed by atoms with Gasteiger partial charge < -0.3 is 20.7 Å². The monoisotopic (exact) mass is 255 g/mol. The Balaban J connectivity index is 1.81. The van der Waals surface area contributed by atoms with Crippen LogP contribution in [0.4, 0.5) is 0 Å². The molecule has 102 valence electrons. The fourth-order valence-corrected chi connectivity index (χ4v) is 2.45. The molecule has 6 nitrogen and oxygen atoms in total. The van der Waals surface area contributed by atoms with Crippen molar-refractivity contribution >= 4 is 11.8 Å². The maximum atomic E-state index is 11.8. The first-order valence-corrected chi connectivity index (χ1v) is 6.37. The van der Waals surface area contributed by atoms with Crippen LogP contribution in [0.25, 0.3) is 0 Å². The molecule has 4 unspecified atom stereocenters. The summed E-state index contributed by atoms with van der Waals surface area (Å²) in [6.45, 7) is 2.94. The second-order valence-corrected chi connectivity index (χ2v) is 5.30. The van der Waals surface area contributed by atoms with E-state index in [4.69, 9.17) is 10.5 Å². The van der Waals surface area contributed by atoms with Crippen LogP contribution in [0.1, 0.15) is 19.8 Å². The standard InChI is InChI=1S/C12H21N3O3/c1-7-3-10(7)15-5-8(4-11(15)16)14-12(17)9(13)6-18-2/h7-10H,3-6,13H2,1-2H3,(H,14,17). The Labute approximate surface area is 107 Å². The first-order chi connectivity index (χ1) is 8.52. The van der Waals surface area contributed by atoms with Crippen LogP contribution in [0.3, 0.4) is 0 Å². The number of hydrogen-bond donors (Lipinski definition) is 2. The van der Waals surface area contributed by atoms with E-state index in [2.05, 4.69) is 12.2 Å². The number of hydrogen-bond acceptors (Lipinski definition) is 4. The number of rotatable bonds is 5. The fourth-order valence-electron chi connectivity index (χ4n) is 2.45. The molecule has 2 fully saturated rings. The van der Waals surface area contributed by atoms with E-state index in [0.717, 1.165) is 6.42 Å². The number of carbonyl (C=O) groups excluding carboxylic acids is 2. The van der Waals surface area contributed by atoms with Crippen LogP contribution >= 0.6 is 0 Å². The van der Waals surface area contributed by atoms with Gasteiger partial charge in [0.1, 0.15) is 6.04 Å². The third kappa shape index (κ3) is 2.81. The Bertz CT molecular complexity index is 347. The highest BCUT2D eigenvalue weighted by Crippen LogP contribution is 2.37. The average Bonchev–Trinajstić information content (AvgIpc) is 2.91. The molecule has 1 aliphatic carbocycles. The molecule has 0 aromatic rings. The van der Waals surface area contributed by atoms with Gasteiger partial charge in [0.2, 0.25) is 11.8 Å². The lowest BCUT2D eigenvalue weighted by Crippen LogP contribution is -2.48. The number of ether oxygens (including phenoxy) is 1. The first kappa shape index (κ1) is 13.3. The smallest absolute Gasteiger partial charge is 0.239 e. The molecule has 6 heteroatoms. The van der Waals surface area contributed by atoms with E-state index in [-0.39, 0.29) is 24.5 Å². The molecule has 1 saturated carbocycles. The van der Waals surface area contributed by atoms with Crippen molar-refractivity contribution in [1.29, 1.82) is 0 Å². The summed E-state index contributed by atoms with van der Waals surface area (Å²) in [7, 11) is 1.50. The molecule has 1 heterocycles. The summed E-state index contributed by atoms with van der Waals surface area (Å²) in [5.74, 6) is 0.481. The number of nitrogens with two attached hydrogens (primary N) is 1. The zero-order valence-corrected chi connectivity index (χ0v) is 10.9. The van der Waals surface area contributed by atoms with Gasteiger partial charge in [-0.1, -0.05) is 6.92 Å². The van der Waals surface area contributed by atoms with E-state index in [1.54, 1.807) is 0 Å². The molecule has 2 rings (SSSR count). The summed E-state index contributed by atoms with van der Waals surface area (Å²) in [4.78, 5) is 25.4. The molecule has 0 radical (unpaired) electrons. The van der Waals surface area contributed by atoms with Crippen LogP contribution < -0.4 is 11.1 Å². The minimum absolute atomic E-state index is 0.110. The predicted molar refractivity (Wildman–Crippen MR) is 65.7 cm³/mol. The van der Waals surface area contributed by atoms with E-state index in [1.807, 2.05) is 4.90 Å². The number of nitrogens with one attached hydrogen (secondary N) is 1. The quantitative estimate of drug-likeness (QED) is 0.666. The van der Waals surface area contributed by atoms with Gasteiger partial charge in [0.05, 0.1) is 12.6 Å².